The van der Waals surface area contributed by atoms with Gasteiger partial charge in [-0.2, -0.15) is 0 Å². The summed E-state index contributed by atoms with van der Waals surface area (Å²) in [6.45, 7) is 0. The van der Waals surface area contributed by atoms with Crippen molar-refractivity contribution in [1.29, 1.82) is 0 Å². The van der Waals surface area contributed by atoms with Gasteiger partial charge in [0.15, 0.2) is 0 Å². The first-order chi connectivity index (χ1) is 17.3. The fourth-order valence-electron chi connectivity index (χ4n) is 5.05. The van der Waals surface area contributed by atoms with Crippen LogP contribution in [0.2, 0.25) is 0 Å². The van der Waals surface area contributed by atoms with Crippen molar-refractivity contribution >= 4 is 48.8 Å². The Labute approximate surface area is 211 Å². The average molecular weight is 514 g/mol. The minimum Gasteiger partial charge on any atom is -0.309 e. The number of hydrogen-bond acceptors (Lipinski definition) is 1. The van der Waals surface area contributed by atoms with E-state index in [4.69, 9.17) is 4.98 Å². The zero-order valence-electron chi connectivity index (χ0n) is 18.8. The Morgan fingerprint density at radius 2 is 1.17 bits per heavy atom. The summed E-state index contributed by atoms with van der Waals surface area (Å²) in [6.07, 6.45) is 0. The molecule has 7 rings (SSSR count). The number of imidazole rings is 1. The van der Waals surface area contributed by atoms with Gasteiger partial charge in [-0.1, -0.05) is 76.6 Å². The van der Waals surface area contributed by atoms with Gasteiger partial charge in [0.25, 0.3) is 0 Å². The first kappa shape index (κ1) is 20.2. The van der Waals surface area contributed by atoms with E-state index in [9.17, 15) is 0 Å². The van der Waals surface area contributed by atoms with Crippen LogP contribution < -0.4 is 0 Å². The Bertz CT molecular complexity index is 1850. The lowest BCUT2D eigenvalue weighted by molar-refractivity contribution is 1.10. The average Bonchev–Trinajstić information content (AvgIpc) is 3.45. The molecule has 0 unspecified atom stereocenters. The molecule has 0 aliphatic rings. The van der Waals surface area contributed by atoms with E-state index < -0.39 is 0 Å². The third-order valence-corrected chi connectivity index (χ3v) is 7.07. The minimum atomic E-state index is 0.944. The number of hydrogen-bond donors (Lipinski definition) is 0. The predicted molar refractivity (Wildman–Crippen MR) is 149 cm³/mol. The normalized spacial score (nSPS) is 11.6. The van der Waals surface area contributed by atoms with Crippen LogP contribution in [-0.4, -0.2) is 14.1 Å². The molecule has 0 bridgehead atoms. The second-order valence-corrected chi connectivity index (χ2v) is 9.58. The van der Waals surface area contributed by atoms with Crippen LogP contribution >= 0.6 is 15.9 Å². The van der Waals surface area contributed by atoms with E-state index >= 15 is 0 Å². The summed E-state index contributed by atoms with van der Waals surface area (Å²) in [7, 11) is 0. The van der Waals surface area contributed by atoms with Crippen molar-refractivity contribution in [3.05, 3.63) is 126 Å². The maximum atomic E-state index is 5.02. The smallest absolute Gasteiger partial charge is 0.145 e. The Balaban J connectivity index is 1.56. The summed E-state index contributed by atoms with van der Waals surface area (Å²) in [5.74, 6) is 0.944. The molecule has 0 radical (unpaired) electrons. The van der Waals surface area contributed by atoms with Gasteiger partial charge in [0.1, 0.15) is 5.82 Å². The second-order valence-electron chi connectivity index (χ2n) is 8.66. The number of nitrogens with zero attached hydrogens (tertiary/aromatic N) is 3. The van der Waals surface area contributed by atoms with E-state index in [1.54, 1.807) is 0 Å². The standard InChI is InChI=1S/C31H20BrN3/c32-22-15-17-28-25(19-22)26-20-24(16-18-29(26)34(28)23-11-5-2-6-12-23)35-30-14-8-7-13-27(30)33-31(35)21-9-3-1-4-10-21/h1-20H. The summed E-state index contributed by atoms with van der Waals surface area (Å²) >= 11 is 3.69. The fourth-order valence-corrected chi connectivity index (χ4v) is 5.41. The van der Waals surface area contributed by atoms with Crippen molar-refractivity contribution in [3.63, 3.8) is 0 Å². The van der Waals surface area contributed by atoms with E-state index in [0.29, 0.717) is 0 Å². The van der Waals surface area contributed by atoms with Crippen LogP contribution in [0, 0.1) is 0 Å². The predicted octanol–water partition coefficient (Wildman–Crippen LogP) is 8.55. The lowest BCUT2D eigenvalue weighted by Gasteiger charge is -2.11. The monoisotopic (exact) mass is 513 g/mol. The summed E-state index contributed by atoms with van der Waals surface area (Å²) in [6, 6.07) is 42.5. The van der Waals surface area contributed by atoms with Gasteiger partial charge in [-0.05, 0) is 60.7 Å². The highest BCUT2D eigenvalue weighted by Gasteiger charge is 2.17. The van der Waals surface area contributed by atoms with Crippen LogP contribution in [0.5, 0.6) is 0 Å². The third kappa shape index (κ3) is 3.22. The summed E-state index contributed by atoms with van der Waals surface area (Å²) < 4.78 is 5.68. The van der Waals surface area contributed by atoms with Crippen molar-refractivity contribution in [2.45, 2.75) is 0 Å². The van der Waals surface area contributed by atoms with Gasteiger partial charge in [0.2, 0.25) is 0 Å². The topological polar surface area (TPSA) is 22.8 Å². The van der Waals surface area contributed by atoms with Crippen molar-refractivity contribution < 1.29 is 0 Å². The largest absolute Gasteiger partial charge is 0.309 e. The van der Waals surface area contributed by atoms with Crippen LogP contribution in [0.4, 0.5) is 0 Å². The number of rotatable bonds is 3. The molecule has 7 aromatic rings. The number of para-hydroxylation sites is 3. The maximum absolute atomic E-state index is 5.02. The molecule has 0 aliphatic heterocycles. The molecule has 0 saturated heterocycles. The van der Waals surface area contributed by atoms with Crippen LogP contribution in [0.15, 0.2) is 126 Å². The highest BCUT2D eigenvalue weighted by Crippen LogP contribution is 2.36. The third-order valence-electron chi connectivity index (χ3n) is 6.58. The number of halogens is 1. The van der Waals surface area contributed by atoms with Crippen molar-refractivity contribution in [1.82, 2.24) is 14.1 Å². The van der Waals surface area contributed by atoms with Gasteiger partial charge in [-0.3, -0.25) is 4.57 Å². The van der Waals surface area contributed by atoms with E-state index in [1.807, 2.05) is 12.1 Å². The molecule has 0 fully saturated rings. The molecule has 0 spiro atoms. The molecule has 0 N–H and O–H groups in total. The number of benzene rings is 5. The van der Waals surface area contributed by atoms with E-state index in [-0.39, 0.29) is 0 Å². The van der Waals surface area contributed by atoms with Crippen molar-refractivity contribution in [3.8, 4) is 22.8 Å². The lowest BCUT2D eigenvalue weighted by Crippen LogP contribution is -1.98. The zero-order chi connectivity index (χ0) is 23.4. The molecule has 0 aliphatic carbocycles. The molecule has 3 nitrogen and oxygen atoms in total. The number of fused-ring (bicyclic) bond motifs is 4. The molecule has 0 atom stereocenters. The SMILES string of the molecule is Brc1ccc2c(c1)c1cc(-n3c(-c4ccccc4)nc4ccccc43)ccc1n2-c1ccccc1. The Hall–Kier alpha value is -4.15. The van der Waals surface area contributed by atoms with E-state index in [1.165, 1.54) is 21.8 Å². The van der Waals surface area contributed by atoms with Crippen LogP contribution in [0.25, 0.3) is 55.6 Å². The van der Waals surface area contributed by atoms with Crippen LogP contribution in [0.3, 0.4) is 0 Å². The van der Waals surface area contributed by atoms with Gasteiger partial charge in [0.05, 0.1) is 22.1 Å². The zero-order valence-corrected chi connectivity index (χ0v) is 20.4. The molecule has 35 heavy (non-hydrogen) atoms. The lowest BCUT2D eigenvalue weighted by atomic mass is 10.1. The first-order valence-electron chi connectivity index (χ1n) is 11.6. The summed E-state index contributed by atoms with van der Waals surface area (Å²) in [5.41, 5.74) is 7.79. The molecule has 5 aromatic carbocycles. The maximum Gasteiger partial charge on any atom is 0.145 e. The first-order valence-corrected chi connectivity index (χ1v) is 12.4. The molecule has 0 amide bonds. The molecule has 2 aromatic heterocycles. The minimum absolute atomic E-state index is 0.944. The molecular formula is C31H20BrN3. The molecule has 2 heterocycles. The highest BCUT2D eigenvalue weighted by atomic mass is 79.9. The molecule has 4 heteroatoms. The molecule has 0 saturated carbocycles. The van der Waals surface area contributed by atoms with E-state index in [2.05, 4.69) is 134 Å². The van der Waals surface area contributed by atoms with Gasteiger partial charge in [-0.25, -0.2) is 4.98 Å². The fraction of sp³-hybridized carbons (Fsp3) is 0. The summed E-state index contributed by atoms with van der Waals surface area (Å²) in [5, 5.41) is 2.42. The summed E-state index contributed by atoms with van der Waals surface area (Å²) in [4.78, 5) is 5.02. The van der Waals surface area contributed by atoms with Crippen LogP contribution in [0.1, 0.15) is 0 Å². The van der Waals surface area contributed by atoms with E-state index in [0.717, 1.165) is 38.3 Å². The Kier molecular flexibility index (Phi) is 4.61. The highest BCUT2D eigenvalue weighted by molar-refractivity contribution is 9.10. The number of aromatic nitrogens is 3. The molecule has 166 valence electrons. The quantitative estimate of drug-likeness (QED) is 0.232. The van der Waals surface area contributed by atoms with Gasteiger partial charge in [-0.15, -0.1) is 0 Å². The van der Waals surface area contributed by atoms with Crippen molar-refractivity contribution in [2.75, 3.05) is 0 Å². The molecular weight excluding hydrogens is 494 g/mol. The Morgan fingerprint density at radius 3 is 1.97 bits per heavy atom. The Morgan fingerprint density at radius 1 is 0.514 bits per heavy atom. The van der Waals surface area contributed by atoms with Gasteiger partial charge < -0.3 is 4.57 Å². The second kappa shape index (κ2) is 7.97. The van der Waals surface area contributed by atoms with Gasteiger partial charge in [0, 0.05) is 32.2 Å². The van der Waals surface area contributed by atoms with Crippen molar-refractivity contribution in [2.24, 2.45) is 0 Å². The van der Waals surface area contributed by atoms with Crippen LogP contribution in [-0.2, 0) is 0 Å². The van der Waals surface area contributed by atoms with Gasteiger partial charge >= 0.3 is 0 Å².